The average Bonchev–Trinajstić information content (AvgIpc) is 3.22. The minimum absolute atomic E-state index is 0.155. The maximum Gasteiger partial charge on any atom is 0.255 e. The highest BCUT2D eigenvalue weighted by molar-refractivity contribution is 9.10. The summed E-state index contributed by atoms with van der Waals surface area (Å²) in [5.74, 6) is 1.32. The van der Waals surface area contributed by atoms with E-state index in [2.05, 4.69) is 28.2 Å². The fraction of sp³-hybridized carbons (Fsp3) is 0.409. The highest BCUT2D eigenvalue weighted by atomic mass is 79.9. The molecule has 0 aliphatic carbocycles. The number of hydrogen-bond acceptors (Lipinski definition) is 4. The molecule has 1 N–H and O–H groups in total. The monoisotopic (exact) mass is 447 g/mol. The molecule has 6 heteroatoms. The van der Waals surface area contributed by atoms with E-state index in [1.807, 2.05) is 31.2 Å². The molecular formula is C22H26BrNO4. The van der Waals surface area contributed by atoms with E-state index in [4.69, 9.17) is 14.2 Å². The second-order valence-electron chi connectivity index (χ2n) is 6.91. The quantitative estimate of drug-likeness (QED) is 0.585. The molecule has 1 saturated heterocycles. The van der Waals surface area contributed by atoms with Crippen molar-refractivity contribution in [2.45, 2.75) is 45.3 Å². The molecule has 5 nitrogen and oxygen atoms in total. The van der Waals surface area contributed by atoms with Crippen LogP contribution in [-0.4, -0.2) is 31.3 Å². The van der Waals surface area contributed by atoms with E-state index in [1.54, 1.807) is 18.2 Å². The summed E-state index contributed by atoms with van der Waals surface area (Å²) >= 11 is 3.49. The van der Waals surface area contributed by atoms with E-state index in [-0.39, 0.29) is 18.1 Å². The summed E-state index contributed by atoms with van der Waals surface area (Å²) in [5, 5.41) is 2.90. The van der Waals surface area contributed by atoms with Gasteiger partial charge >= 0.3 is 0 Å². The van der Waals surface area contributed by atoms with Crippen LogP contribution in [0.15, 0.2) is 46.9 Å². The Labute approximate surface area is 174 Å². The predicted octanol–water partition coefficient (Wildman–Crippen LogP) is 5.44. The van der Waals surface area contributed by atoms with Gasteiger partial charge < -0.3 is 19.5 Å². The van der Waals surface area contributed by atoms with Crippen LogP contribution < -0.4 is 14.8 Å². The summed E-state index contributed by atoms with van der Waals surface area (Å²) in [7, 11) is 0. The van der Waals surface area contributed by atoms with Gasteiger partial charge in [0.1, 0.15) is 18.1 Å². The zero-order chi connectivity index (χ0) is 19.9. The van der Waals surface area contributed by atoms with Gasteiger partial charge in [0, 0.05) is 17.9 Å². The highest BCUT2D eigenvalue weighted by Crippen LogP contribution is 2.27. The van der Waals surface area contributed by atoms with Gasteiger partial charge in [-0.2, -0.15) is 0 Å². The number of amides is 1. The van der Waals surface area contributed by atoms with E-state index < -0.39 is 0 Å². The van der Waals surface area contributed by atoms with Gasteiger partial charge in [0.25, 0.3) is 5.91 Å². The molecule has 1 heterocycles. The normalized spacial score (nSPS) is 17.2. The number of carbonyl (C=O) groups is 1. The standard InChI is InChI=1S/C22H26BrNO4/c1-3-15(2)28-18-9-7-17(8-10-18)24-22(25)16-6-11-21(20(23)13-16)27-14-19-5-4-12-26-19/h6-11,13,15,19H,3-5,12,14H2,1-2H3,(H,24,25). The molecule has 2 atom stereocenters. The first-order valence-corrected chi connectivity index (χ1v) is 10.5. The van der Waals surface area contributed by atoms with Crippen molar-refractivity contribution in [3.05, 3.63) is 52.5 Å². The van der Waals surface area contributed by atoms with Crippen molar-refractivity contribution >= 4 is 27.5 Å². The van der Waals surface area contributed by atoms with Crippen LogP contribution >= 0.6 is 15.9 Å². The summed E-state index contributed by atoms with van der Waals surface area (Å²) in [6, 6.07) is 12.7. The predicted molar refractivity (Wildman–Crippen MR) is 113 cm³/mol. The minimum Gasteiger partial charge on any atom is -0.491 e. The van der Waals surface area contributed by atoms with Crippen LogP contribution in [0.1, 0.15) is 43.5 Å². The van der Waals surface area contributed by atoms with Crippen LogP contribution in [0.25, 0.3) is 0 Å². The molecule has 0 aromatic heterocycles. The lowest BCUT2D eigenvalue weighted by atomic mass is 10.2. The average molecular weight is 448 g/mol. The van der Waals surface area contributed by atoms with Crippen molar-refractivity contribution in [2.75, 3.05) is 18.5 Å². The maximum atomic E-state index is 12.5. The van der Waals surface area contributed by atoms with Crippen molar-refractivity contribution in [3.8, 4) is 11.5 Å². The number of benzene rings is 2. The van der Waals surface area contributed by atoms with Crippen LogP contribution in [0, 0.1) is 0 Å². The Morgan fingerprint density at radius 3 is 2.71 bits per heavy atom. The number of ether oxygens (including phenoxy) is 3. The molecule has 150 valence electrons. The topological polar surface area (TPSA) is 56.8 Å². The van der Waals surface area contributed by atoms with E-state index in [0.717, 1.165) is 41.8 Å². The third-order valence-corrected chi connectivity index (χ3v) is 5.29. The fourth-order valence-electron chi connectivity index (χ4n) is 2.85. The second kappa shape index (κ2) is 9.94. The number of carbonyl (C=O) groups excluding carboxylic acids is 1. The van der Waals surface area contributed by atoms with Gasteiger partial charge in [-0.25, -0.2) is 0 Å². The molecule has 2 aromatic carbocycles. The van der Waals surface area contributed by atoms with Gasteiger partial charge in [-0.3, -0.25) is 4.79 Å². The Morgan fingerprint density at radius 1 is 1.29 bits per heavy atom. The van der Waals surface area contributed by atoms with Crippen LogP contribution in [0.3, 0.4) is 0 Å². The molecule has 0 saturated carbocycles. The highest BCUT2D eigenvalue weighted by Gasteiger charge is 2.17. The molecule has 1 amide bonds. The Kier molecular flexibility index (Phi) is 7.34. The van der Waals surface area contributed by atoms with E-state index in [9.17, 15) is 4.79 Å². The smallest absolute Gasteiger partial charge is 0.255 e. The Bertz CT molecular complexity index is 788. The molecule has 2 unspecified atom stereocenters. The molecule has 1 aliphatic rings. The first-order valence-electron chi connectivity index (χ1n) is 9.67. The number of rotatable bonds is 8. The molecule has 1 fully saturated rings. The van der Waals surface area contributed by atoms with Crippen molar-refractivity contribution in [1.82, 2.24) is 0 Å². The van der Waals surface area contributed by atoms with Gasteiger partial charge in [0.15, 0.2) is 0 Å². The lowest BCUT2D eigenvalue weighted by Gasteiger charge is -2.14. The summed E-state index contributed by atoms with van der Waals surface area (Å²) in [6.07, 6.45) is 3.37. The third-order valence-electron chi connectivity index (χ3n) is 4.67. The van der Waals surface area contributed by atoms with Crippen molar-refractivity contribution in [1.29, 1.82) is 0 Å². The first-order chi connectivity index (χ1) is 13.5. The van der Waals surface area contributed by atoms with E-state index >= 15 is 0 Å². The zero-order valence-corrected chi connectivity index (χ0v) is 17.8. The molecule has 3 rings (SSSR count). The Morgan fingerprint density at radius 2 is 2.07 bits per heavy atom. The van der Waals surface area contributed by atoms with Crippen molar-refractivity contribution in [2.24, 2.45) is 0 Å². The van der Waals surface area contributed by atoms with Gasteiger partial charge in [0.05, 0.1) is 16.7 Å². The molecule has 2 aromatic rings. The molecule has 1 aliphatic heterocycles. The van der Waals surface area contributed by atoms with Gasteiger partial charge in [-0.05, 0) is 84.6 Å². The van der Waals surface area contributed by atoms with Gasteiger partial charge in [-0.1, -0.05) is 6.92 Å². The molecule has 28 heavy (non-hydrogen) atoms. The number of anilines is 1. The second-order valence-corrected chi connectivity index (χ2v) is 7.76. The summed E-state index contributed by atoms with van der Waals surface area (Å²) in [5.41, 5.74) is 1.27. The first kappa shape index (κ1) is 20.7. The number of halogens is 1. The number of hydrogen-bond donors (Lipinski definition) is 1. The van der Waals surface area contributed by atoms with Gasteiger partial charge in [0.2, 0.25) is 0 Å². The van der Waals surface area contributed by atoms with Crippen molar-refractivity contribution in [3.63, 3.8) is 0 Å². The fourth-order valence-corrected chi connectivity index (χ4v) is 3.35. The SMILES string of the molecule is CCC(C)Oc1ccc(NC(=O)c2ccc(OCC3CCCO3)c(Br)c2)cc1. The lowest BCUT2D eigenvalue weighted by molar-refractivity contribution is 0.0677. The minimum atomic E-state index is -0.179. The molecule has 0 radical (unpaired) electrons. The number of nitrogens with one attached hydrogen (secondary N) is 1. The third kappa shape index (κ3) is 5.72. The zero-order valence-electron chi connectivity index (χ0n) is 16.2. The lowest BCUT2D eigenvalue weighted by Crippen LogP contribution is -2.16. The molecular weight excluding hydrogens is 422 g/mol. The van der Waals surface area contributed by atoms with E-state index in [0.29, 0.717) is 17.9 Å². The Hall–Kier alpha value is -2.05. The van der Waals surface area contributed by atoms with Crippen LogP contribution in [0.5, 0.6) is 11.5 Å². The van der Waals surface area contributed by atoms with Gasteiger partial charge in [-0.15, -0.1) is 0 Å². The Balaban J connectivity index is 1.57. The summed E-state index contributed by atoms with van der Waals surface area (Å²) in [6.45, 7) is 5.44. The van der Waals surface area contributed by atoms with Crippen molar-refractivity contribution < 1.29 is 19.0 Å². The summed E-state index contributed by atoms with van der Waals surface area (Å²) in [4.78, 5) is 12.5. The maximum absolute atomic E-state index is 12.5. The van der Waals surface area contributed by atoms with Crippen LogP contribution in [-0.2, 0) is 4.74 Å². The van der Waals surface area contributed by atoms with Crippen LogP contribution in [0.4, 0.5) is 5.69 Å². The molecule has 0 spiro atoms. The molecule has 0 bridgehead atoms. The van der Waals surface area contributed by atoms with E-state index in [1.165, 1.54) is 0 Å². The van der Waals surface area contributed by atoms with Crippen LogP contribution in [0.2, 0.25) is 0 Å². The largest absolute Gasteiger partial charge is 0.491 e. The summed E-state index contributed by atoms with van der Waals surface area (Å²) < 4.78 is 17.9.